The van der Waals surface area contributed by atoms with Crippen molar-refractivity contribution in [1.29, 1.82) is 5.26 Å². The summed E-state index contributed by atoms with van der Waals surface area (Å²) < 4.78 is 32.4. The highest BCUT2D eigenvalue weighted by molar-refractivity contribution is 9.10. The fraction of sp³-hybridized carbons (Fsp3) is 0.419. The molecule has 0 unspecified atom stereocenters. The van der Waals surface area contributed by atoms with Gasteiger partial charge in [-0.25, -0.2) is 9.78 Å². The number of hydrogen-bond acceptors (Lipinski definition) is 9. The van der Waals surface area contributed by atoms with E-state index in [9.17, 15) is 23.2 Å². The molecule has 1 aliphatic heterocycles. The molecule has 2 N–H and O–H groups in total. The highest BCUT2D eigenvalue weighted by atomic mass is 79.9. The lowest BCUT2D eigenvalue weighted by atomic mass is 9.95. The first kappa shape index (κ1) is 34.7. The first-order valence-corrected chi connectivity index (χ1v) is 15.5. The number of likely N-dealkylation sites (N-methyl/N-ethyl adjacent to an activating group) is 1. The minimum atomic E-state index is -5.08. The molecule has 244 valence electrons. The largest absolute Gasteiger partial charge is 0.490 e. The molecule has 1 saturated carbocycles. The summed E-state index contributed by atoms with van der Waals surface area (Å²) in [5.41, 5.74) is 6.62. The fourth-order valence-electron chi connectivity index (χ4n) is 5.16. The number of piperazine rings is 1. The Morgan fingerprint density at radius 2 is 1.70 bits per heavy atom. The Morgan fingerprint density at radius 3 is 2.26 bits per heavy atom. The second-order valence-corrected chi connectivity index (χ2v) is 11.9. The van der Waals surface area contributed by atoms with Gasteiger partial charge in [0, 0.05) is 50.7 Å². The summed E-state index contributed by atoms with van der Waals surface area (Å²) in [5.74, 6) is -2.48. The van der Waals surface area contributed by atoms with Crippen molar-refractivity contribution >= 4 is 33.6 Å². The molecule has 46 heavy (non-hydrogen) atoms. The van der Waals surface area contributed by atoms with Gasteiger partial charge in [0.15, 0.2) is 5.82 Å². The minimum Gasteiger partial charge on any atom is -0.475 e. The van der Waals surface area contributed by atoms with E-state index in [1.54, 1.807) is 23.5 Å². The predicted octanol–water partition coefficient (Wildman–Crippen LogP) is 5.04. The van der Waals surface area contributed by atoms with Gasteiger partial charge in [-0.2, -0.15) is 23.4 Å². The molecule has 15 heteroatoms. The van der Waals surface area contributed by atoms with E-state index in [0.717, 1.165) is 69.7 Å². The van der Waals surface area contributed by atoms with Crippen LogP contribution in [0.2, 0.25) is 0 Å². The van der Waals surface area contributed by atoms with Gasteiger partial charge in [0.05, 0.1) is 21.8 Å². The molecule has 11 nitrogen and oxygen atoms in total. The predicted molar refractivity (Wildman–Crippen MR) is 167 cm³/mol. The van der Waals surface area contributed by atoms with Crippen LogP contribution in [0.3, 0.4) is 0 Å². The topological polar surface area (TPSA) is 139 Å². The van der Waals surface area contributed by atoms with Gasteiger partial charge in [-0.15, -0.1) is 0 Å². The number of hydrogen-bond donors (Lipinski definition) is 2. The van der Waals surface area contributed by atoms with E-state index in [2.05, 4.69) is 77.4 Å². The van der Waals surface area contributed by atoms with Crippen LogP contribution in [0.25, 0.3) is 11.3 Å². The summed E-state index contributed by atoms with van der Waals surface area (Å²) >= 11 is 3.50. The van der Waals surface area contributed by atoms with Gasteiger partial charge in [0.2, 0.25) is 5.82 Å². The molecule has 1 aromatic carbocycles. The van der Waals surface area contributed by atoms with Crippen LogP contribution >= 0.6 is 15.9 Å². The maximum atomic E-state index is 13.3. The Bertz CT molecular complexity index is 1520. The van der Waals surface area contributed by atoms with Crippen LogP contribution in [-0.4, -0.2) is 87.2 Å². The van der Waals surface area contributed by atoms with Gasteiger partial charge in [-0.1, -0.05) is 43.5 Å². The number of nitrogens with zero attached hydrogens (tertiary/aromatic N) is 7. The highest BCUT2D eigenvalue weighted by Gasteiger charge is 2.38. The summed E-state index contributed by atoms with van der Waals surface area (Å²) in [6.45, 7) is 5.36. The normalized spacial score (nSPS) is 16.1. The molecule has 5 rings (SSSR count). The summed E-state index contributed by atoms with van der Waals surface area (Å²) in [7, 11) is 2.17. The number of aromatic nitrogens is 3. The number of amides is 1. The van der Waals surface area contributed by atoms with Crippen molar-refractivity contribution in [1.82, 2.24) is 30.2 Å². The van der Waals surface area contributed by atoms with Crippen molar-refractivity contribution in [2.75, 3.05) is 38.2 Å². The van der Waals surface area contributed by atoms with Crippen molar-refractivity contribution in [3.05, 3.63) is 70.2 Å². The van der Waals surface area contributed by atoms with E-state index < -0.39 is 12.1 Å². The van der Waals surface area contributed by atoms with Crippen LogP contribution in [0.5, 0.6) is 0 Å². The Morgan fingerprint density at radius 1 is 1.04 bits per heavy atom. The van der Waals surface area contributed by atoms with Crippen LogP contribution in [0.15, 0.2) is 53.3 Å². The van der Waals surface area contributed by atoms with Gasteiger partial charge < -0.3 is 10.0 Å². The number of rotatable bonds is 7. The van der Waals surface area contributed by atoms with E-state index in [0.29, 0.717) is 15.9 Å². The molecule has 1 saturated heterocycles. The summed E-state index contributed by atoms with van der Waals surface area (Å²) in [6, 6.07) is 14.3. The van der Waals surface area contributed by atoms with Crippen molar-refractivity contribution in [2.45, 2.75) is 50.9 Å². The Balaban J connectivity index is 0.000000617. The number of carbonyl (C=O) groups is 2. The first-order valence-electron chi connectivity index (χ1n) is 14.7. The fourth-order valence-corrected chi connectivity index (χ4v) is 5.54. The number of carbonyl (C=O) groups excluding carboxylic acids is 1. The molecule has 3 heterocycles. The second kappa shape index (κ2) is 15.9. The number of nitriles is 1. The molecule has 2 aliphatic rings. The number of benzene rings is 1. The summed E-state index contributed by atoms with van der Waals surface area (Å²) in [6.07, 6.45) is 3.27. The van der Waals surface area contributed by atoms with Gasteiger partial charge >= 0.3 is 12.1 Å². The molecule has 1 amide bonds. The summed E-state index contributed by atoms with van der Waals surface area (Å²) in [5, 5.41) is 18.2. The highest BCUT2D eigenvalue weighted by Crippen LogP contribution is 2.30. The van der Waals surface area contributed by atoms with E-state index in [1.807, 2.05) is 12.1 Å². The minimum absolute atomic E-state index is 0.0591. The number of pyridine rings is 1. The van der Waals surface area contributed by atoms with Gasteiger partial charge in [0.25, 0.3) is 5.91 Å². The molecule has 1 aliphatic carbocycles. The van der Waals surface area contributed by atoms with E-state index >= 15 is 0 Å². The number of carboxylic acid groups (broad SMARTS) is 1. The Labute approximate surface area is 273 Å². The number of aliphatic carboxylic acids is 1. The zero-order chi connectivity index (χ0) is 33.3. The lowest BCUT2D eigenvalue weighted by Gasteiger charge is -2.35. The van der Waals surface area contributed by atoms with Gasteiger partial charge in [-0.05, 0) is 53.5 Å². The maximum Gasteiger partial charge on any atom is 0.490 e. The van der Waals surface area contributed by atoms with E-state index in [1.165, 1.54) is 12.0 Å². The van der Waals surface area contributed by atoms with Crippen LogP contribution in [0.4, 0.5) is 19.0 Å². The van der Waals surface area contributed by atoms with Gasteiger partial charge in [0.1, 0.15) is 6.07 Å². The average molecular weight is 704 g/mol. The third-order valence-corrected chi connectivity index (χ3v) is 8.29. The summed E-state index contributed by atoms with van der Waals surface area (Å²) in [4.78, 5) is 40.1. The Kier molecular flexibility index (Phi) is 12.0. The van der Waals surface area contributed by atoms with Crippen molar-refractivity contribution in [3.8, 4) is 17.3 Å². The number of carboxylic acids is 1. The number of halogens is 4. The molecular formula is C31H34BrF3N8O3. The lowest BCUT2D eigenvalue weighted by molar-refractivity contribution is -0.192. The molecule has 3 aromatic rings. The zero-order valence-corrected chi connectivity index (χ0v) is 26.8. The standard InChI is InChI=1S/C29H33BrN8O.C2HF3O2/c1-36-13-15-37(16-14-36)20-21-7-9-22(10-8-21)26-12-11-23(18-32-26)29(39)35-38(24-5-3-2-4-6-24)28-25(30)19-33-27(17-31)34-28;3-2(4,5)1(6)7/h7-12,18-19,24H,2-6,13-16,20H2,1H3,(H,35,39);(H,6,7). The quantitative estimate of drug-likeness (QED) is 0.322. The first-order chi connectivity index (χ1) is 21.9. The second-order valence-electron chi connectivity index (χ2n) is 11.1. The molecular weight excluding hydrogens is 669 g/mol. The number of anilines is 1. The molecule has 0 bridgehead atoms. The average Bonchev–Trinajstić information content (AvgIpc) is 3.06. The number of nitrogens with one attached hydrogen (secondary N) is 1. The third kappa shape index (κ3) is 9.68. The SMILES string of the molecule is CN1CCN(Cc2ccc(-c3ccc(C(=O)NN(c4nc(C#N)ncc4Br)C4CCCCC4)cn3)cc2)CC1.O=C(O)C(F)(F)F. The molecule has 0 atom stereocenters. The van der Waals surface area contributed by atoms with Crippen LogP contribution < -0.4 is 10.4 Å². The van der Waals surface area contributed by atoms with Crippen LogP contribution in [-0.2, 0) is 11.3 Å². The van der Waals surface area contributed by atoms with Crippen molar-refractivity contribution in [3.63, 3.8) is 0 Å². The molecule has 0 spiro atoms. The molecule has 2 aromatic heterocycles. The van der Waals surface area contributed by atoms with Gasteiger partial charge in [-0.3, -0.25) is 25.1 Å². The number of hydrazine groups is 1. The van der Waals surface area contributed by atoms with Crippen LogP contribution in [0.1, 0.15) is 53.8 Å². The number of alkyl halides is 3. The maximum absolute atomic E-state index is 13.3. The third-order valence-electron chi connectivity index (χ3n) is 7.74. The molecule has 0 radical (unpaired) electrons. The van der Waals surface area contributed by atoms with E-state index in [-0.39, 0.29) is 17.8 Å². The monoisotopic (exact) mass is 702 g/mol. The Hall–Kier alpha value is -4.13. The zero-order valence-electron chi connectivity index (χ0n) is 25.2. The molecule has 2 fully saturated rings. The smallest absolute Gasteiger partial charge is 0.475 e. The lowest BCUT2D eigenvalue weighted by Crippen LogP contribution is -2.50. The van der Waals surface area contributed by atoms with Crippen molar-refractivity contribution < 1.29 is 27.9 Å². The van der Waals surface area contributed by atoms with Crippen molar-refractivity contribution in [2.24, 2.45) is 0 Å². The van der Waals surface area contributed by atoms with Crippen LogP contribution in [0, 0.1) is 11.3 Å². The van der Waals surface area contributed by atoms with E-state index in [4.69, 9.17) is 9.90 Å².